The van der Waals surface area contributed by atoms with Crippen LogP contribution in [-0.2, 0) is 4.79 Å². The molecule has 0 unspecified atom stereocenters. The zero-order valence-electron chi connectivity index (χ0n) is 16.2. The maximum atomic E-state index is 12.4. The summed E-state index contributed by atoms with van der Waals surface area (Å²) < 4.78 is 16.2. The molecule has 2 heterocycles. The molecule has 8 nitrogen and oxygen atoms in total. The lowest BCUT2D eigenvalue weighted by atomic mass is 10.1. The molecule has 0 fully saturated rings. The van der Waals surface area contributed by atoms with E-state index in [1.165, 1.54) is 7.11 Å². The molecule has 0 spiro atoms. The van der Waals surface area contributed by atoms with E-state index in [4.69, 9.17) is 25.6 Å². The molecule has 0 aliphatic rings. The van der Waals surface area contributed by atoms with E-state index in [0.29, 0.717) is 39.1 Å². The molecule has 4 rings (SSSR count). The van der Waals surface area contributed by atoms with Crippen molar-refractivity contribution in [2.24, 2.45) is 0 Å². The zero-order valence-corrected chi connectivity index (χ0v) is 16.9. The number of nitrogens with one attached hydrogen (secondary N) is 1. The van der Waals surface area contributed by atoms with Gasteiger partial charge in [0.2, 0.25) is 5.88 Å². The van der Waals surface area contributed by atoms with Crippen LogP contribution in [0.1, 0.15) is 5.82 Å². The maximum Gasteiger partial charge on any atom is 0.265 e. The minimum Gasteiger partial charge on any atom is -0.495 e. The molecule has 0 bridgehead atoms. The standard InChI is InChI=1S/C21H17ClN4O4/c1-12-23-20(18-19(26-30-21(18)24-12)13-6-4-3-5-7-13)29-11-17(27)25-14-8-9-16(28-2)15(22)10-14/h3-10H,11H2,1-2H3,(H,25,27). The predicted octanol–water partition coefficient (Wildman–Crippen LogP) is 4.27. The quantitative estimate of drug-likeness (QED) is 0.493. The van der Waals surface area contributed by atoms with Crippen molar-refractivity contribution in [3.8, 4) is 22.9 Å². The monoisotopic (exact) mass is 424 g/mol. The van der Waals surface area contributed by atoms with Gasteiger partial charge < -0.3 is 19.3 Å². The van der Waals surface area contributed by atoms with Gasteiger partial charge in [-0.2, -0.15) is 9.97 Å². The highest BCUT2D eigenvalue weighted by atomic mass is 35.5. The molecule has 152 valence electrons. The Kier molecular flexibility index (Phi) is 5.49. The van der Waals surface area contributed by atoms with E-state index < -0.39 is 0 Å². The Balaban J connectivity index is 1.55. The van der Waals surface area contributed by atoms with Gasteiger partial charge in [-0.15, -0.1) is 0 Å². The fraction of sp³-hybridized carbons (Fsp3) is 0.143. The van der Waals surface area contributed by atoms with Gasteiger partial charge in [-0.3, -0.25) is 4.79 Å². The number of carbonyl (C=O) groups is 1. The summed E-state index contributed by atoms with van der Waals surface area (Å²) >= 11 is 6.09. The van der Waals surface area contributed by atoms with Crippen LogP contribution in [-0.4, -0.2) is 34.7 Å². The third kappa shape index (κ3) is 4.04. The summed E-state index contributed by atoms with van der Waals surface area (Å²) in [6.07, 6.45) is 0. The number of rotatable bonds is 6. The lowest BCUT2D eigenvalue weighted by Gasteiger charge is -2.10. The summed E-state index contributed by atoms with van der Waals surface area (Å²) in [7, 11) is 1.52. The normalized spacial score (nSPS) is 10.8. The van der Waals surface area contributed by atoms with E-state index in [1.807, 2.05) is 30.3 Å². The molecule has 2 aromatic heterocycles. The molecular weight excluding hydrogens is 408 g/mol. The van der Waals surface area contributed by atoms with Crippen LogP contribution < -0.4 is 14.8 Å². The van der Waals surface area contributed by atoms with Crippen molar-refractivity contribution < 1.29 is 18.8 Å². The first kappa shape index (κ1) is 19.7. The Morgan fingerprint density at radius 2 is 1.97 bits per heavy atom. The second-order valence-corrected chi connectivity index (χ2v) is 6.75. The van der Waals surface area contributed by atoms with Crippen molar-refractivity contribution in [3.05, 3.63) is 59.4 Å². The summed E-state index contributed by atoms with van der Waals surface area (Å²) in [6, 6.07) is 14.4. The van der Waals surface area contributed by atoms with Crippen LogP contribution in [0, 0.1) is 6.92 Å². The minimum absolute atomic E-state index is 0.223. The highest BCUT2D eigenvalue weighted by Gasteiger charge is 2.20. The first-order valence-corrected chi connectivity index (χ1v) is 9.38. The molecule has 0 aliphatic carbocycles. The number of aryl methyl sites for hydroxylation is 1. The first-order chi connectivity index (χ1) is 14.5. The van der Waals surface area contributed by atoms with Crippen LogP contribution in [0.25, 0.3) is 22.4 Å². The van der Waals surface area contributed by atoms with Crippen molar-refractivity contribution in [2.75, 3.05) is 19.0 Å². The molecule has 4 aromatic rings. The number of anilines is 1. The van der Waals surface area contributed by atoms with E-state index in [1.54, 1.807) is 25.1 Å². The number of benzene rings is 2. The molecule has 2 aromatic carbocycles. The molecule has 0 radical (unpaired) electrons. The van der Waals surface area contributed by atoms with Crippen LogP contribution in [0.15, 0.2) is 53.1 Å². The van der Waals surface area contributed by atoms with E-state index in [0.717, 1.165) is 5.56 Å². The molecule has 0 saturated carbocycles. The Bertz CT molecular complexity index is 1210. The van der Waals surface area contributed by atoms with E-state index in [9.17, 15) is 4.79 Å². The van der Waals surface area contributed by atoms with Gasteiger partial charge >= 0.3 is 0 Å². The summed E-state index contributed by atoms with van der Waals surface area (Å²) in [5, 5.41) is 7.72. The van der Waals surface area contributed by atoms with E-state index >= 15 is 0 Å². The lowest BCUT2D eigenvalue weighted by molar-refractivity contribution is -0.118. The third-order valence-corrected chi connectivity index (χ3v) is 4.53. The van der Waals surface area contributed by atoms with Crippen molar-refractivity contribution in [1.29, 1.82) is 0 Å². The van der Waals surface area contributed by atoms with Gasteiger partial charge in [-0.05, 0) is 25.1 Å². The molecule has 30 heavy (non-hydrogen) atoms. The third-order valence-electron chi connectivity index (χ3n) is 4.24. The number of fused-ring (bicyclic) bond motifs is 1. The molecule has 1 N–H and O–H groups in total. The topological polar surface area (TPSA) is 99.4 Å². The molecule has 9 heteroatoms. The minimum atomic E-state index is -0.377. The Hall–Kier alpha value is -3.65. The van der Waals surface area contributed by atoms with Crippen molar-refractivity contribution in [1.82, 2.24) is 15.1 Å². The number of halogens is 1. The average molecular weight is 425 g/mol. The molecule has 1 amide bonds. The van der Waals surface area contributed by atoms with Crippen molar-refractivity contribution in [3.63, 3.8) is 0 Å². The highest BCUT2D eigenvalue weighted by molar-refractivity contribution is 6.32. The molecular formula is C21H17ClN4O4. The average Bonchev–Trinajstić information content (AvgIpc) is 3.16. The number of aromatic nitrogens is 3. The maximum absolute atomic E-state index is 12.4. The van der Waals surface area contributed by atoms with Gasteiger partial charge in [0.25, 0.3) is 11.6 Å². The Morgan fingerprint density at radius 1 is 1.17 bits per heavy atom. The van der Waals surface area contributed by atoms with E-state index in [2.05, 4.69) is 20.4 Å². The van der Waals surface area contributed by atoms with Crippen LogP contribution in [0.3, 0.4) is 0 Å². The van der Waals surface area contributed by atoms with Crippen molar-refractivity contribution >= 4 is 34.3 Å². The largest absolute Gasteiger partial charge is 0.495 e. The van der Waals surface area contributed by atoms with Gasteiger partial charge in [-0.1, -0.05) is 47.1 Å². The molecule has 0 saturated heterocycles. The molecule has 0 aliphatic heterocycles. The van der Waals surface area contributed by atoms with Crippen LogP contribution in [0.2, 0.25) is 5.02 Å². The summed E-state index contributed by atoms with van der Waals surface area (Å²) in [5.74, 6) is 0.806. The number of hydrogen-bond donors (Lipinski definition) is 1. The summed E-state index contributed by atoms with van der Waals surface area (Å²) in [5.41, 5.74) is 2.18. The number of hydrogen-bond acceptors (Lipinski definition) is 7. The molecule has 0 atom stereocenters. The van der Waals surface area contributed by atoms with Gasteiger partial charge in [0, 0.05) is 11.3 Å². The smallest absolute Gasteiger partial charge is 0.265 e. The van der Waals surface area contributed by atoms with Gasteiger partial charge in [-0.25, -0.2) is 0 Å². The first-order valence-electron chi connectivity index (χ1n) is 9.01. The Morgan fingerprint density at radius 3 is 2.70 bits per heavy atom. The Labute approximate surface area is 176 Å². The number of methoxy groups -OCH3 is 1. The van der Waals surface area contributed by atoms with Gasteiger partial charge in [0.15, 0.2) is 6.61 Å². The SMILES string of the molecule is COc1ccc(NC(=O)COc2nc(C)nc3onc(-c4ccccc4)c23)cc1Cl. The number of carbonyl (C=O) groups excluding carboxylic acids is 1. The van der Waals surface area contributed by atoms with E-state index in [-0.39, 0.29) is 18.4 Å². The van der Waals surface area contributed by atoms with Crippen LogP contribution >= 0.6 is 11.6 Å². The van der Waals surface area contributed by atoms with Crippen molar-refractivity contribution in [2.45, 2.75) is 6.92 Å². The lowest BCUT2D eigenvalue weighted by Crippen LogP contribution is -2.20. The number of amides is 1. The predicted molar refractivity (Wildman–Crippen MR) is 112 cm³/mol. The fourth-order valence-corrected chi connectivity index (χ4v) is 3.16. The summed E-state index contributed by atoms with van der Waals surface area (Å²) in [4.78, 5) is 21.0. The number of nitrogens with zero attached hydrogens (tertiary/aromatic N) is 3. The summed E-state index contributed by atoms with van der Waals surface area (Å²) in [6.45, 7) is 1.44. The number of ether oxygens (including phenoxy) is 2. The van der Waals surface area contributed by atoms with Crippen LogP contribution in [0.5, 0.6) is 11.6 Å². The second kappa shape index (κ2) is 8.38. The fourth-order valence-electron chi connectivity index (χ4n) is 2.90. The van der Waals surface area contributed by atoms with Gasteiger partial charge in [0.05, 0.1) is 12.1 Å². The highest BCUT2D eigenvalue weighted by Crippen LogP contribution is 2.33. The zero-order chi connectivity index (χ0) is 21.1. The van der Waals surface area contributed by atoms with Gasteiger partial charge in [0.1, 0.15) is 22.7 Å². The second-order valence-electron chi connectivity index (χ2n) is 6.34. The van der Waals surface area contributed by atoms with Crippen LogP contribution in [0.4, 0.5) is 5.69 Å².